The number of amides is 4. The van der Waals surface area contributed by atoms with Crippen LogP contribution in [0.5, 0.6) is 0 Å². The molecule has 0 aliphatic rings. The van der Waals surface area contributed by atoms with E-state index in [1.807, 2.05) is 0 Å². The molecule has 0 bridgehead atoms. The van der Waals surface area contributed by atoms with Crippen molar-refractivity contribution < 1.29 is 9.59 Å². The van der Waals surface area contributed by atoms with Crippen LogP contribution < -0.4 is 11.1 Å². The van der Waals surface area contributed by atoms with Gasteiger partial charge in [-0.25, -0.2) is 24.9 Å². The minimum atomic E-state index is -0.756. The Morgan fingerprint density at radius 3 is 2.00 bits per heavy atom. The first-order valence-corrected chi connectivity index (χ1v) is 4.97. The van der Waals surface area contributed by atoms with Crippen LogP contribution in [-0.2, 0) is 0 Å². The Kier molecular flexibility index (Phi) is 6.92. The first-order chi connectivity index (χ1) is 8.08. The molecule has 0 heterocycles. The number of primary amides is 1. The molecule has 6 nitrogen and oxygen atoms in total. The highest BCUT2D eigenvalue weighted by Crippen LogP contribution is 2.00. The van der Waals surface area contributed by atoms with Crippen molar-refractivity contribution in [2.45, 2.75) is 0 Å². The van der Waals surface area contributed by atoms with Crippen LogP contribution in [0.25, 0.3) is 0 Å². The van der Waals surface area contributed by atoms with E-state index in [-0.39, 0.29) is 19.6 Å². The third kappa shape index (κ3) is 4.87. The minimum Gasteiger partial charge on any atom is -0.350 e. The van der Waals surface area contributed by atoms with Crippen LogP contribution in [0.3, 0.4) is 0 Å². The number of nitrogens with two attached hydrogens (primary N) is 1. The summed E-state index contributed by atoms with van der Waals surface area (Å²) in [5, 5.41) is 5.83. The largest absolute Gasteiger partial charge is 0.358 e. The van der Waals surface area contributed by atoms with Crippen LogP contribution in [0.1, 0.15) is 0 Å². The van der Waals surface area contributed by atoms with E-state index in [0.29, 0.717) is 0 Å². The van der Waals surface area contributed by atoms with E-state index < -0.39 is 12.1 Å². The molecule has 0 fully saturated rings. The fraction of sp³-hybridized carbons (Fsp3) is 0.273. The average molecular weight is 237 g/mol. The van der Waals surface area contributed by atoms with E-state index in [0.717, 1.165) is 10.0 Å². The SMILES string of the molecule is C=CC[N]C(=O)N(CC=C)N(CC=C)C(N)=O. The molecule has 0 rings (SSSR count). The van der Waals surface area contributed by atoms with Gasteiger partial charge in [-0.1, -0.05) is 18.2 Å². The van der Waals surface area contributed by atoms with Gasteiger partial charge in [-0.3, -0.25) is 0 Å². The van der Waals surface area contributed by atoms with E-state index in [4.69, 9.17) is 5.73 Å². The smallest absolute Gasteiger partial charge is 0.350 e. The van der Waals surface area contributed by atoms with Gasteiger partial charge in [0.15, 0.2) is 0 Å². The number of hydrogen-bond acceptors (Lipinski definition) is 2. The fourth-order valence-electron chi connectivity index (χ4n) is 1.06. The van der Waals surface area contributed by atoms with E-state index >= 15 is 0 Å². The maximum Gasteiger partial charge on any atom is 0.358 e. The number of carbonyl (C=O) groups excluding carboxylic acids is 2. The summed E-state index contributed by atoms with van der Waals surface area (Å²) < 4.78 is 0. The van der Waals surface area contributed by atoms with Crippen molar-refractivity contribution in [2.75, 3.05) is 19.6 Å². The standard InChI is InChI=1S/C11H17N4O2/c1-4-7-13-11(17)15(9-6-3)14(8-5-2)10(12)16/h4-6H,1-3,7-9H2,(H2,12,16). The molecule has 93 valence electrons. The molecule has 0 saturated carbocycles. The van der Waals surface area contributed by atoms with Crippen molar-refractivity contribution in [1.29, 1.82) is 0 Å². The van der Waals surface area contributed by atoms with Crippen LogP contribution in [0, 0.1) is 0 Å². The third-order valence-corrected chi connectivity index (χ3v) is 1.73. The lowest BCUT2D eigenvalue weighted by atomic mass is 10.5. The molecule has 17 heavy (non-hydrogen) atoms. The van der Waals surface area contributed by atoms with Crippen molar-refractivity contribution >= 4 is 12.1 Å². The van der Waals surface area contributed by atoms with Crippen LogP contribution in [0.15, 0.2) is 38.0 Å². The van der Waals surface area contributed by atoms with Crippen molar-refractivity contribution in [3.8, 4) is 0 Å². The zero-order valence-electron chi connectivity index (χ0n) is 9.71. The van der Waals surface area contributed by atoms with Gasteiger partial charge in [-0.15, -0.1) is 19.7 Å². The Morgan fingerprint density at radius 1 is 1.06 bits per heavy atom. The number of hydrogen-bond donors (Lipinski definition) is 1. The molecular weight excluding hydrogens is 220 g/mol. The summed E-state index contributed by atoms with van der Waals surface area (Å²) in [6.45, 7) is 10.9. The summed E-state index contributed by atoms with van der Waals surface area (Å²) in [5.41, 5.74) is 5.17. The molecule has 0 aromatic heterocycles. The Morgan fingerprint density at radius 2 is 1.59 bits per heavy atom. The summed E-state index contributed by atoms with van der Waals surface area (Å²) in [6, 6.07) is -1.33. The van der Waals surface area contributed by atoms with Gasteiger partial charge in [0.1, 0.15) is 0 Å². The van der Waals surface area contributed by atoms with Crippen molar-refractivity contribution in [1.82, 2.24) is 15.3 Å². The number of carbonyl (C=O) groups is 2. The van der Waals surface area contributed by atoms with Crippen molar-refractivity contribution in [3.05, 3.63) is 38.0 Å². The normalized spacial score (nSPS) is 8.94. The van der Waals surface area contributed by atoms with Crippen molar-refractivity contribution in [3.63, 3.8) is 0 Å². The van der Waals surface area contributed by atoms with Crippen LogP contribution in [0.4, 0.5) is 9.59 Å². The lowest BCUT2D eigenvalue weighted by molar-refractivity contribution is 0.0687. The van der Waals surface area contributed by atoms with Crippen LogP contribution >= 0.6 is 0 Å². The fourth-order valence-corrected chi connectivity index (χ4v) is 1.06. The number of rotatable bonds is 6. The summed E-state index contributed by atoms with van der Waals surface area (Å²) >= 11 is 0. The molecule has 1 radical (unpaired) electrons. The molecule has 0 aromatic carbocycles. The lowest BCUT2D eigenvalue weighted by Crippen LogP contribution is -2.53. The maximum absolute atomic E-state index is 11.7. The van der Waals surface area contributed by atoms with Gasteiger partial charge >= 0.3 is 12.1 Å². The van der Waals surface area contributed by atoms with Crippen LogP contribution in [0.2, 0.25) is 0 Å². The minimum absolute atomic E-state index is 0.124. The zero-order valence-corrected chi connectivity index (χ0v) is 9.71. The second-order valence-corrected chi connectivity index (χ2v) is 2.99. The first kappa shape index (κ1) is 14.8. The van der Waals surface area contributed by atoms with Gasteiger partial charge < -0.3 is 5.73 Å². The molecule has 0 aliphatic heterocycles. The van der Waals surface area contributed by atoms with Gasteiger partial charge in [0.05, 0.1) is 19.6 Å². The Labute approximate surface area is 101 Å². The summed E-state index contributed by atoms with van der Waals surface area (Å²) in [6.07, 6.45) is 4.41. The van der Waals surface area contributed by atoms with Crippen molar-refractivity contribution in [2.24, 2.45) is 5.73 Å². The molecule has 0 aliphatic carbocycles. The van der Waals surface area contributed by atoms with Gasteiger partial charge in [0.25, 0.3) is 0 Å². The molecule has 0 aromatic rings. The Hall–Kier alpha value is -2.24. The molecule has 0 atom stereocenters. The highest BCUT2D eigenvalue weighted by molar-refractivity contribution is 5.79. The molecule has 0 saturated heterocycles. The Balaban J connectivity index is 4.81. The van der Waals surface area contributed by atoms with E-state index in [2.05, 4.69) is 25.1 Å². The summed E-state index contributed by atoms with van der Waals surface area (Å²) in [5.74, 6) is 0. The topological polar surface area (TPSA) is 80.7 Å². The quantitative estimate of drug-likeness (QED) is 0.549. The molecule has 0 spiro atoms. The molecule has 2 N–H and O–H groups in total. The first-order valence-electron chi connectivity index (χ1n) is 4.97. The number of urea groups is 2. The van der Waals surface area contributed by atoms with Gasteiger partial charge in [0.2, 0.25) is 0 Å². The summed E-state index contributed by atoms with van der Waals surface area (Å²) in [4.78, 5) is 22.9. The van der Waals surface area contributed by atoms with Gasteiger partial charge in [-0.2, -0.15) is 0 Å². The van der Waals surface area contributed by atoms with E-state index in [9.17, 15) is 9.59 Å². The second kappa shape index (κ2) is 7.98. The van der Waals surface area contributed by atoms with E-state index in [1.54, 1.807) is 0 Å². The molecule has 6 heteroatoms. The third-order valence-electron chi connectivity index (χ3n) is 1.73. The second-order valence-electron chi connectivity index (χ2n) is 2.99. The lowest BCUT2D eigenvalue weighted by Gasteiger charge is -2.31. The monoisotopic (exact) mass is 237 g/mol. The maximum atomic E-state index is 11.7. The highest BCUT2D eigenvalue weighted by atomic mass is 16.2. The average Bonchev–Trinajstić information content (AvgIpc) is 2.30. The zero-order chi connectivity index (χ0) is 13.3. The number of nitrogens with zero attached hydrogens (tertiary/aromatic N) is 3. The summed E-state index contributed by atoms with van der Waals surface area (Å²) in [7, 11) is 0. The predicted octanol–water partition coefficient (Wildman–Crippen LogP) is 0.867. The van der Waals surface area contributed by atoms with Gasteiger partial charge in [-0.05, 0) is 0 Å². The van der Waals surface area contributed by atoms with Gasteiger partial charge in [0, 0.05) is 0 Å². The molecular formula is C11H17N4O2. The van der Waals surface area contributed by atoms with Crippen LogP contribution in [-0.4, -0.2) is 41.7 Å². The number of hydrazine groups is 1. The Bertz CT molecular complexity index is 315. The molecule has 4 amide bonds. The van der Waals surface area contributed by atoms with E-state index in [1.165, 1.54) is 18.2 Å². The molecule has 0 unspecified atom stereocenters. The predicted molar refractivity (Wildman–Crippen MR) is 66.0 cm³/mol. The highest BCUT2D eigenvalue weighted by Gasteiger charge is 2.22.